The van der Waals surface area contributed by atoms with Gasteiger partial charge in [-0.3, -0.25) is 0 Å². The third-order valence-electron chi connectivity index (χ3n) is 3.47. The molecule has 1 saturated carbocycles. The van der Waals surface area contributed by atoms with Crippen LogP contribution >= 0.6 is 0 Å². The summed E-state index contributed by atoms with van der Waals surface area (Å²) >= 11 is 0. The van der Waals surface area contributed by atoms with Crippen molar-refractivity contribution >= 4 is 6.09 Å². The fraction of sp³-hybridized carbons (Fsp3) is 0.917. The number of nitrogens with one attached hydrogen (secondary N) is 1. The molecule has 2 fully saturated rings. The van der Waals surface area contributed by atoms with Crippen LogP contribution in [0, 0.1) is 5.41 Å². The smallest absolute Gasteiger partial charge is 0.410 e. The Morgan fingerprint density at radius 3 is 2.38 bits per heavy atom. The van der Waals surface area contributed by atoms with Crippen LogP contribution in [0.25, 0.3) is 0 Å². The van der Waals surface area contributed by atoms with Crippen molar-refractivity contribution in [2.24, 2.45) is 5.41 Å². The average Bonchev–Trinajstić information content (AvgIpc) is 1.95. The lowest BCUT2D eigenvalue weighted by molar-refractivity contribution is -0.0816. The predicted octanol–water partition coefficient (Wildman–Crippen LogP) is 1.61. The van der Waals surface area contributed by atoms with Gasteiger partial charge in [-0.15, -0.1) is 0 Å². The van der Waals surface area contributed by atoms with E-state index in [0.29, 0.717) is 11.5 Å². The van der Waals surface area contributed by atoms with Crippen molar-refractivity contribution < 1.29 is 9.53 Å². The molecule has 2 rings (SSSR count). The molecule has 0 aromatic heterocycles. The SMILES string of the molecule is CNC1CC2(C1)CN(C(=O)OC(C)(C)C)C2. The maximum Gasteiger partial charge on any atom is 0.410 e. The molecule has 4 heteroatoms. The van der Waals surface area contributed by atoms with Gasteiger partial charge in [0.2, 0.25) is 0 Å². The van der Waals surface area contributed by atoms with Gasteiger partial charge in [0.15, 0.2) is 0 Å². The van der Waals surface area contributed by atoms with Gasteiger partial charge < -0.3 is 15.0 Å². The highest BCUT2D eigenvalue weighted by Crippen LogP contribution is 2.48. The molecule has 1 N–H and O–H groups in total. The molecular formula is C12H22N2O2. The molecule has 1 amide bonds. The molecule has 1 aliphatic heterocycles. The second kappa shape index (κ2) is 3.62. The number of nitrogens with zero attached hydrogens (tertiary/aromatic N) is 1. The van der Waals surface area contributed by atoms with Crippen molar-refractivity contribution in [2.45, 2.75) is 45.3 Å². The number of amides is 1. The number of ether oxygens (including phenoxy) is 1. The Labute approximate surface area is 97.3 Å². The molecule has 92 valence electrons. The Hall–Kier alpha value is -0.770. The van der Waals surface area contributed by atoms with E-state index in [-0.39, 0.29) is 11.7 Å². The van der Waals surface area contributed by atoms with Crippen LogP contribution in [0.5, 0.6) is 0 Å². The van der Waals surface area contributed by atoms with Crippen molar-refractivity contribution in [1.29, 1.82) is 0 Å². The summed E-state index contributed by atoms with van der Waals surface area (Å²) in [7, 11) is 2.00. The second-order valence-electron chi connectivity index (χ2n) is 6.23. The van der Waals surface area contributed by atoms with Crippen molar-refractivity contribution in [3.05, 3.63) is 0 Å². The summed E-state index contributed by atoms with van der Waals surface area (Å²) in [6.45, 7) is 7.46. The summed E-state index contributed by atoms with van der Waals surface area (Å²) in [4.78, 5) is 13.5. The lowest BCUT2D eigenvalue weighted by atomic mass is 9.61. The zero-order chi connectivity index (χ0) is 12.0. The van der Waals surface area contributed by atoms with Crippen LogP contribution in [0.1, 0.15) is 33.6 Å². The summed E-state index contributed by atoms with van der Waals surface area (Å²) in [6.07, 6.45) is 2.23. The van der Waals surface area contributed by atoms with Crippen molar-refractivity contribution in [3.8, 4) is 0 Å². The Kier molecular flexibility index (Phi) is 2.65. The van der Waals surface area contributed by atoms with E-state index in [1.165, 1.54) is 12.8 Å². The largest absolute Gasteiger partial charge is 0.444 e. The van der Waals surface area contributed by atoms with Gasteiger partial charge in [0, 0.05) is 24.5 Å². The molecule has 1 spiro atoms. The minimum atomic E-state index is -0.382. The van der Waals surface area contributed by atoms with Crippen LogP contribution in [-0.4, -0.2) is 42.8 Å². The Balaban J connectivity index is 1.75. The zero-order valence-corrected chi connectivity index (χ0v) is 10.7. The third-order valence-corrected chi connectivity index (χ3v) is 3.47. The normalized spacial score (nSPS) is 23.9. The van der Waals surface area contributed by atoms with Gasteiger partial charge in [0.1, 0.15) is 5.60 Å². The first kappa shape index (κ1) is 11.7. The molecule has 1 aliphatic carbocycles. The molecular weight excluding hydrogens is 204 g/mol. The van der Waals surface area contributed by atoms with Crippen molar-refractivity contribution in [2.75, 3.05) is 20.1 Å². The van der Waals surface area contributed by atoms with Crippen LogP contribution in [0.15, 0.2) is 0 Å². The first-order valence-corrected chi connectivity index (χ1v) is 5.99. The maximum atomic E-state index is 11.7. The molecule has 0 radical (unpaired) electrons. The van der Waals surface area contributed by atoms with Crippen LogP contribution in [-0.2, 0) is 4.74 Å². The van der Waals surface area contributed by atoms with Crippen molar-refractivity contribution in [1.82, 2.24) is 10.2 Å². The average molecular weight is 226 g/mol. The summed E-state index contributed by atoms with van der Waals surface area (Å²) in [5.41, 5.74) is 0.0253. The van der Waals surface area contributed by atoms with E-state index in [1.807, 2.05) is 32.7 Å². The number of hydrogen-bond donors (Lipinski definition) is 1. The number of hydrogen-bond acceptors (Lipinski definition) is 3. The molecule has 16 heavy (non-hydrogen) atoms. The monoisotopic (exact) mass is 226 g/mol. The topological polar surface area (TPSA) is 41.6 Å². The lowest BCUT2D eigenvalue weighted by Crippen LogP contribution is -2.67. The Morgan fingerprint density at radius 2 is 1.94 bits per heavy atom. The standard InChI is InChI=1S/C12H22N2O2/c1-11(2,3)16-10(15)14-7-12(8-14)5-9(6-12)13-4/h9,13H,5-8H2,1-4H3. The van der Waals surface area contributed by atoms with E-state index in [4.69, 9.17) is 4.74 Å². The quantitative estimate of drug-likeness (QED) is 0.738. The number of carbonyl (C=O) groups is 1. The first-order valence-electron chi connectivity index (χ1n) is 5.99. The molecule has 0 aromatic rings. The Morgan fingerprint density at radius 1 is 1.38 bits per heavy atom. The molecule has 1 saturated heterocycles. The molecule has 1 heterocycles. The molecule has 0 bridgehead atoms. The maximum absolute atomic E-state index is 11.7. The number of rotatable bonds is 1. The van der Waals surface area contributed by atoms with Gasteiger partial charge in [-0.25, -0.2) is 4.79 Å². The summed E-state index contributed by atoms with van der Waals surface area (Å²) in [5, 5.41) is 3.27. The molecule has 0 atom stereocenters. The van der Waals surface area contributed by atoms with E-state index < -0.39 is 0 Å². The fourth-order valence-electron chi connectivity index (χ4n) is 2.67. The van der Waals surface area contributed by atoms with Gasteiger partial charge >= 0.3 is 6.09 Å². The highest BCUT2D eigenvalue weighted by atomic mass is 16.6. The number of likely N-dealkylation sites (tertiary alicyclic amines) is 1. The van der Waals surface area contributed by atoms with Crippen LogP contribution in [0.2, 0.25) is 0 Å². The van der Waals surface area contributed by atoms with Crippen LogP contribution in [0.4, 0.5) is 4.79 Å². The van der Waals surface area contributed by atoms with E-state index in [9.17, 15) is 4.79 Å². The minimum absolute atomic E-state index is 0.161. The van der Waals surface area contributed by atoms with Gasteiger partial charge in [0.25, 0.3) is 0 Å². The summed E-state index contributed by atoms with van der Waals surface area (Å²) in [5.74, 6) is 0. The lowest BCUT2D eigenvalue weighted by Gasteiger charge is -2.58. The third kappa shape index (κ3) is 2.17. The molecule has 0 unspecified atom stereocenters. The van der Waals surface area contributed by atoms with Crippen LogP contribution < -0.4 is 5.32 Å². The van der Waals surface area contributed by atoms with Gasteiger partial charge in [-0.1, -0.05) is 0 Å². The number of carbonyl (C=O) groups excluding carboxylic acids is 1. The molecule has 2 aliphatic rings. The summed E-state index contributed by atoms with van der Waals surface area (Å²) < 4.78 is 5.33. The minimum Gasteiger partial charge on any atom is -0.444 e. The van der Waals surface area contributed by atoms with E-state index in [0.717, 1.165) is 13.1 Å². The first-order chi connectivity index (χ1) is 7.34. The zero-order valence-electron chi connectivity index (χ0n) is 10.7. The second-order valence-corrected chi connectivity index (χ2v) is 6.23. The van der Waals surface area contributed by atoms with Crippen molar-refractivity contribution in [3.63, 3.8) is 0 Å². The fourth-order valence-corrected chi connectivity index (χ4v) is 2.67. The summed E-state index contributed by atoms with van der Waals surface area (Å²) in [6, 6.07) is 0.654. The van der Waals surface area contributed by atoms with E-state index in [1.54, 1.807) is 0 Å². The van der Waals surface area contributed by atoms with Gasteiger partial charge in [-0.2, -0.15) is 0 Å². The highest BCUT2D eigenvalue weighted by Gasteiger charge is 2.53. The van der Waals surface area contributed by atoms with Crippen LogP contribution in [0.3, 0.4) is 0 Å². The predicted molar refractivity (Wildman–Crippen MR) is 62.3 cm³/mol. The van der Waals surface area contributed by atoms with Gasteiger partial charge in [-0.05, 0) is 40.7 Å². The van der Waals surface area contributed by atoms with E-state index >= 15 is 0 Å². The Bertz CT molecular complexity index is 282. The highest BCUT2D eigenvalue weighted by molar-refractivity contribution is 5.69. The van der Waals surface area contributed by atoms with Gasteiger partial charge in [0.05, 0.1) is 0 Å². The van der Waals surface area contributed by atoms with E-state index in [2.05, 4.69) is 5.32 Å². The molecule has 0 aromatic carbocycles. The molecule has 4 nitrogen and oxygen atoms in total.